The summed E-state index contributed by atoms with van der Waals surface area (Å²) in [5.41, 5.74) is 2.80. The standard InChI is InChI=1S/C15H18O2/c16-13(10-14-5-3-7-17-14)9-12-8-11-4-1-2-6-15(11)12/h1-2,4,6,12,14H,3,5,7-10H2. The molecule has 1 fully saturated rings. The summed E-state index contributed by atoms with van der Waals surface area (Å²) in [6.07, 6.45) is 4.79. The van der Waals surface area contributed by atoms with Gasteiger partial charge in [-0.3, -0.25) is 4.79 Å². The Morgan fingerprint density at radius 3 is 2.94 bits per heavy atom. The highest BCUT2D eigenvalue weighted by Crippen LogP contribution is 2.37. The van der Waals surface area contributed by atoms with Gasteiger partial charge in [0.1, 0.15) is 5.78 Å². The third-order valence-corrected chi connectivity index (χ3v) is 3.91. The maximum atomic E-state index is 11.9. The van der Waals surface area contributed by atoms with Gasteiger partial charge in [0.2, 0.25) is 0 Å². The van der Waals surface area contributed by atoms with E-state index in [0.717, 1.165) is 25.9 Å². The second-order valence-electron chi connectivity index (χ2n) is 5.18. The molecule has 90 valence electrons. The summed E-state index contributed by atoms with van der Waals surface area (Å²) in [7, 11) is 0. The van der Waals surface area contributed by atoms with Gasteiger partial charge in [-0.1, -0.05) is 24.3 Å². The lowest BCUT2D eigenvalue weighted by molar-refractivity contribution is -0.121. The van der Waals surface area contributed by atoms with Crippen LogP contribution in [0.15, 0.2) is 24.3 Å². The van der Waals surface area contributed by atoms with Crippen molar-refractivity contribution in [3.05, 3.63) is 35.4 Å². The number of ketones is 1. The monoisotopic (exact) mass is 230 g/mol. The molecular formula is C15H18O2. The van der Waals surface area contributed by atoms with Crippen molar-refractivity contribution in [3.8, 4) is 0 Å². The quantitative estimate of drug-likeness (QED) is 0.795. The Kier molecular flexibility index (Phi) is 2.98. The highest BCUT2D eigenvalue weighted by Gasteiger charge is 2.28. The molecule has 1 saturated heterocycles. The molecule has 2 heteroatoms. The van der Waals surface area contributed by atoms with E-state index in [1.807, 2.05) is 0 Å². The molecule has 1 aliphatic carbocycles. The van der Waals surface area contributed by atoms with E-state index in [1.54, 1.807) is 0 Å². The van der Waals surface area contributed by atoms with Gasteiger partial charge in [0.05, 0.1) is 6.10 Å². The minimum Gasteiger partial charge on any atom is -0.378 e. The summed E-state index contributed by atoms with van der Waals surface area (Å²) in [4.78, 5) is 11.9. The molecule has 3 rings (SSSR count). The van der Waals surface area contributed by atoms with Crippen molar-refractivity contribution in [2.45, 2.75) is 44.1 Å². The van der Waals surface area contributed by atoms with Crippen LogP contribution in [0.25, 0.3) is 0 Å². The molecule has 1 aromatic rings. The third kappa shape index (κ3) is 2.27. The highest BCUT2D eigenvalue weighted by atomic mass is 16.5. The van der Waals surface area contributed by atoms with Gasteiger partial charge in [0, 0.05) is 19.4 Å². The predicted octanol–water partition coefficient (Wildman–Crippen LogP) is 2.85. The lowest BCUT2D eigenvalue weighted by Crippen LogP contribution is -2.22. The van der Waals surface area contributed by atoms with Crippen LogP contribution in [0, 0.1) is 0 Å². The molecule has 1 aliphatic heterocycles. The number of carbonyl (C=O) groups is 1. The molecule has 17 heavy (non-hydrogen) atoms. The zero-order chi connectivity index (χ0) is 11.7. The summed E-state index contributed by atoms with van der Waals surface area (Å²) >= 11 is 0. The molecule has 1 heterocycles. The molecule has 0 bridgehead atoms. The van der Waals surface area contributed by atoms with Gasteiger partial charge in [0.15, 0.2) is 0 Å². The second-order valence-corrected chi connectivity index (χ2v) is 5.18. The Labute approximate surface area is 102 Å². The zero-order valence-corrected chi connectivity index (χ0v) is 10.0. The first kappa shape index (κ1) is 11.0. The SMILES string of the molecule is O=C(CC1CCCO1)CC1Cc2ccccc21. The van der Waals surface area contributed by atoms with Gasteiger partial charge in [-0.2, -0.15) is 0 Å². The molecular weight excluding hydrogens is 212 g/mol. The van der Waals surface area contributed by atoms with Crippen molar-refractivity contribution in [1.29, 1.82) is 0 Å². The van der Waals surface area contributed by atoms with E-state index in [9.17, 15) is 4.79 Å². The number of Topliss-reactive ketones (excluding diaryl/α,β-unsaturated/α-hetero) is 1. The van der Waals surface area contributed by atoms with Gasteiger partial charge in [-0.25, -0.2) is 0 Å². The number of hydrogen-bond donors (Lipinski definition) is 0. The molecule has 2 nitrogen and oxygen atoms in total. The smallest absolute Gasteiger partial charge is 0.136 e. The van der Waals surface area contributed by atoms with E-state index in [-0.39, 0.29) is 6.10 Å². The first-order valence-electron chi connectivity index (χ1n) is 6.54. The number of ether oxygens (including phenoxy) is 1. The van der Waals surface area contributed by atoms with Crippen molar-refractivity contribution < 1.29 is 9.53 Å². The minimum atomic E-state index is 0.206. The van der Waals surface area contributed by atoms with Crippen LogP contribution in [0.2, 0.25) is 0 Å². The largest absolute Gasteiger partial charge is 0.378 e. The number of benzene rings is 1. The number of rotatable bonds is 4. The summed E-state index contributed by atoms with van der Waals surface area (Å²) in [5.74, 6) is 0.844. The minimum absolute atomic E-state index is 0.206. The molecule has 2 atom stereocenters. The Morgan fingerprint density at radius 2 is 2.18 bits per heavy atom. The van der Waals surface area contributed by atoms with Crippen LogP contribution in [0.3, 0.4) is 0 Å². The van der Waals surface area contributed by atoms with E-state index in [0.29, 0.717) is 24.5 Å². The van der Waals surface area contributed by atoms with Gasteiger partial charge >= 0.3 is 0 Å². The summed E-state index contributed by atoms with van der Waals surface area (Å²) in [6, 6.07) is 8.46. The van der Waals surface area contributed by atoms with E-state index in [2.05, 4.69) is 24.3 Å². The Morgan fingerprint density at radius 1 is 1.29 bits per heavy atom. The average Bonchev–Trinajstić information content (AvgIpc) is 2.79. The van der Waals surface area contributed by atoms with Crippen LogP contribution in [-0.2, 0) is 16.0 Å². The molecule has 0 amide bonds. The molecule has 2 aliphatic rings. The first-order chi connectivity index (χ1) is 8.33. The highest BCUT2D eigenvalue weighted by molar-refractivity contribution is 5.80. The van der Waals surface area contributed by atoms with E-state index >= 15 is 0 Å². The van der Waals surface area contributed by atoms with Crippen molar-refractivity contribution in [1.82, 2.24) is 0 Å². The lowest BCUT2D eigenvalue weighted by Gasteiger charge is -2.29. The maximum absolute atomic E-state index is 11.9. The van der Waals surface area contributed by atoms with E-state index in [1.165, 1.54) is 11.1 Å². The maximum Gasteiger partial charge on any atom is 0.136 e. The number of hydrogen-bond acceptors (Lipinski definition) is 2. The molecule has 1 aromatic carbocycles. The Hall–Kier alpha value is -1.15. The van der Waals surface area contributed by atoms with Crippen LogP contribution in [-0.4, -0.2) is 18.5 Å². The number of fused-ring (bicyclic) bond motifs is 1. The second kappa shape index (κ2) is 4.61. The van der Waals surface area contributed by atoms with Crippen LogP contribution in [0.4, 0.5) is 0 Å². The molecule has 0 radical (unpaired) electrons. The van der Waals surface area contributed by atoms with Crippen LogP contribution in [0.1, 0.15) is 42.7 Å². The van der Waals surface area contributed by atoms with Crippen molar-refractivity contribution in [2.24, 2.45) is 0 Å². The third-order valence-electron chi connectivity index (χ3n) is 3.91. The zero-order valence-electron chi connectivity index (χ0n) is 10.0. The summed E-state index contributed by atoms with van der Waals surface area (Å²) in [5, 5.41) is 0. The van der Waals surface area contributed by atoms with E-state index in [4.69, 9.17) is 4.74 Å². The Balaban J connectivity index is 1.53. The number of carbonyl (C=O) groups excluding carboxylic acids is 1. The van der Waals surface area contributed by atoms with Crippen LogP contribution >= 0.6 is 0 Å². The normalized spacial score (nSPS) is 26.4. The van der Waals surface area contributed by atoms with Crippen molar-refractivity contribution in [3.63, 3.8) is 0 Å². The predicted molar refractivity (Wildman–Crippen MR) is 66.1 cm³/mol. The first-order valence-corrected chi connectivity index (χ1v) is 6.54. The van der Waals surface area contributed by atoms with Gasteiger partial charge in [0.25, 0.3) is 0 Å². The van der Waals surface area contributed by atoms with Gasteiger partial charge in [-0.15, -0.1) is 0 Å². The van der Waals surface area contributed by atoms with Gasteiger partial charge in [-0.05, 0) is 36.3 Å². The fourth-order valence-corrected chi connectivity index (χ4v) is 2.96. The fraction of sp³-hybridized carbons (Fsp3) is 0.533. The molecule has 0 aromatic heterocycles. The molecule has 2 unspecified atom stereocenters. The molecule has 0 saturated carbocycles. The lowest BCUT2D eigenvalue weighted by atomic mass is 9.75. The van der Waals surface area contributed by atoms with E-state index < -0.39 is 0 Å². The average molecular weight is 230 g/mol. The summed E-state index contributed by atoms with van der Waals surface area (Å²) in [6.45, 7) is 0.838. The van der Waals surface area contributed by atoms with Crippen molar-refractivity contribution in [2.75, 3.05) is 6.61 Å². The van der Waals surface area contributed by atoms with Crippen LogP contribution in [0.5, 0.6) is 0 Å². The van der Waals surface area contributed by atoms with Crippen LogP contribution < -0.4 is 0 Å². The Bertz CT molecular complexity index is 419. The molecule has 0 N–H and O–H groups in total. The van der Waals surface area contributed by atoms with Gasteiger partial charge < -0.3 is 4.74 Å². The topological polar surface area (TPSA) is 26.3 Å². The molecule has 0 spiro atoms. The fourth-order valence-electron chi connectivity index (χ4n) is 2.96. The van der Waals surface area contributed by atoms with Crippen molar-refractivity contribution >= 4 is 5.78 Å². The summed E-state index contributed by atoms with van der Waals surface area (Å²) < 4.78 is 5.51.